The molecule has 0 unspecified atom stereocenters. The van der Waals surface area contributed by atoms with Crippen molar-refractivity contribution in [3.8, 4) is 0 Å². The maximum Gasteiger partial charge on any atom is 0.0399 e. The first-order valence-corrected chi connectivity index (χ1v) is 15.3. The van der Waals surface area contributed by atoms with E-state index >= 15 is 0 Å². The standard InChI is InChI=1S/C17H35BrSi2/c1-2-3-4-11-19-12-8-17(9-13-19)20-14-6-16(5-10-18)7-15-20/h16-17,19-20H,2-15H2,1H3. The van der Waals surface area contributed by atoms with Gasteiger partial charge in [-0.15, -0.1) is 0 Å². The largest absolute Gasteiger partial charge is 0.0928 e. The Bertz CT molecular complexity index is 243. The summed E-state index contributed by atoms with van der Waals surface area (Å²) in [5.74, 6) is 1.08. The second-order valence-electron chi connectivity index (χ2n) is 7.54. The molecule has 0 amide bonds. The summed E-state index contributed by atoms with van der Waals surface area (Å²) in [5, 5.41) is 1.23. The van der Waals surface area contributed by atoms with Gasteiger partial charge < -0.3 is 0 Å². The van der Waals surface area contributed by atoms with Gasteiger partial charge in [0.1, 0.15) is 0 Å². The van der Waals surface area contributed by atoms with Crippen LogP contribution in [0.3, 0.4) is 0 Å². The molecule has 0 aromatic heterocycles. The minimum Gasteiger partial charge on any atom is -0.0928 e. The Morgan fingerprint density at radius 2 is 1.65 bits per heavy atom. The molecule has 0 atom stereocenters. The van der Waals surface area contributed by atoms with E-state index in [9.17, 15) is 0 Å². The van der Waals surface area contributed by atoms with E-state index in [1.165, 1.54) is 30.1 Å². The molecule has 0 N–H and O–H groups in total. The lowest BCUT2D eigenvalue weighted by molar-refractivity contribution is 0.455. The molecule has 2 aliphatic heterocycles. The van der Waals surface area contributed by atoms with Crippen molar-refractivity contribution in [2.75, 3.05) is 5.33 Å². The Morgan fingerprint density at radius 3 is 2.25 bits per heavy atom. The maximum atomic E-state index is 3.62. The van der Waals surface area contributed by atoms with Crippen LogP contribution in [0.2, 0.25) is 35.8 Å². The minimum atomic E-state index is -0.325. The highest BCUT2D eigenvalue weighted by Gasteiger charge is 2.31. The van der Waals surface area contributed by atoms with Crippen LogP contribution < -0.4 is 0 Å². The van der Waals surface area contributed by atoms with Crippen LogP contribution >= 0.6 is 15.9 Å². The smallest absolute Gasteiger partial charge is 0.0399 e. The molecule has 2 fully saturated rings. The van der Waals surface area contributed by atoms with Crippen molar-refractivity contribution in [3.63, 3.8) is 0 Å². The molecule has 0 radical (unpaired) electrons. The van der Waals surface area contributed by atoms with Crippen LogP contribution in [0.25, 0.3) is 0 Å². The fourth-order valence-electron chi connectivity index (χ4n) is 4.73. The fourth-order valence-corrected chi connectivity index (χ4v) is 14.0. The third-order valence-electron chi connectivity index (χ3n) is 6.18. The van der Waals surface area contributed by atoms with E-state index in [0.717, 1.165) is 5.92 Å². The molecule has 0 nitrogen and oxygen atoms in total. The Hall–Kier alpha value is 0.914. The number of halogens is 1. The van der Waals surface area contributed by atoms with Crippen LogP contribution in [0.15, 0.2) is 0 Å². The van der Waals surface area contributed by atoms with Crippen molar-refractivity contribution in [2.24, 2.45) is 5.92 Å². The third-order valence-corrected chi connectivity index (χ3v) is 14.3. The van der Waals surface area contributed by atoms with Crippen molar-refractivity contribution in [1.29, 1.82) is 0 Å². The molecule has 2 aliphatic rings. The molecule has 0 aromatic rings. The minimum absolute atomic E-state index is 0.258. The molecule has 2 rings (SSSR count). The Balaban J connectivity index is 1.62. The second kappa shape index (κ2) is 9.83. The molecule has 0 bridgehead atoms. The third kappa shape index (κ3) is 5.60. The number of hydrogen-bond donors (Lipinski definition) is 0. The predicted molar refractivity (Wildman–Crippen MR) is 102 cm³/mol. The van der Waals surface area contributed by atoms with E-state index in [2.05, 4.69) is 22.9 Å². The first-order chi connectivity index (χ1) is 9.83. The summed E-state index contributed by atoms with van der Waals surface area (Å²) in [7, 11) is -0.583. The normalized spacial score (nSPS) is 35.1. The van der Waals surface area contributed by atoms with Gasteiger partial charge in [-0.05, 0) is 17.9 Å². The molecule has 0 spiro atoms. The summed E-state index contributed by atoms with van der Waals surface area (Å²) < 4.78 is 0. The number of hydrogen-bond acceptors (Lipinski definition) is 0. The van der Waals surface area contributed by atoms with Crippen LogP contribution in [0.5, 0.6) is 0 Å². The van der Waals surface area contributed by atoms with E-state index in [4.69, 9.17) is 0 Å². The first kappa shape index (κ1) is 17.3. The summed E-state index contributed by atoms with van der Waals surface area (Å²) in [5.41, 5.74) is 1.27. The molecule has 0 aromatic carbocycles. The summed E-state index contributed by atoms with van der Waals surface area (Å²) in [6, 6.07) is 8.53. The summed E-state index contributed by atoms with van der Waals surface area (Å²) in [6.07, 6.45) is 12.5. The van der Waals surface area contributed by atoms with E-state index in [1.807, 2.05) is 0 Å². The fraction of sp³-hybridized carbons (Fsp3) is 1.00. The van der Waals surface area contributed by atoms with E-state index in [-0.39, 0.29) is 17.6 Å². The molecule has 20 heavy (non-hydrogen) atoms. The predicted octanol–water partition coefficient (Wildman–Crippen LogP) is 5.99. The molecule has 0 saturated carbocycles. The van der Waals surface area contributed by atoms with Crippen molar-refractivity contribution in [1.82, 2.24) is 0 Å². The van der Waals surface area contributed by atoms with Crippen LogP contribution in [-0.2, 0) is 0 Å². The van der Waals surface area contributed by atoms with Gasteiger partial charge in [-0.1, -0.05) is 98.0 Å². The average Bonchev–Trinajstić information content (AvgIpc) is 2.49. The van der Waals surface area contributed by atoms with Gasteiger partial charge in [-0.3, -0.25) is 0 Å². The Labute approximate surface area is 138 Å². The van der Waals surface area contributed by atoms with Crippen molar-refractivity contribution >= 4 is 33.5 Å². The zero-order valence-corrected chi connectivity index (χ0v) is 17.5. The summed E-state index contributed by atoms with van der Waals surface area (Å²) in [4.78, 5) is 0. The SMILES string of the molecule is CCCCC[SiH]1CCC([SiH]2CCC(CCBr)CC2)CC1. The van der Waals surface area contributed by atoms with Gasteiger partial charge in [0.2, 0.25) is 0 Å². The van der Waals surface area contributed by atoms with Crippen LogP contribution in [0.4, 0.5) is 0 Å². The average molecular weight is 376 g/mol. The summed E-state index contributed by atoms with van der Waals surface area (Å²) >= 11 is 3.62. The van der Waals surface area contributed by atoms with Crippen molar-refractivity contribution < 1.29 is 0 Å². The monoisotopic (exact) mass is 374 g/mol. The van der Waals surface area contributed by atoms with Crippen LogP contribution in [-0.4, -0.2) is 22.9 Å². The van der Waals surface area contributed by atoms with E-state index in [1.54, 1.807) is 62.3 Å². The first-order valence-electron chi connectivity index (χ1n) is 9.39. The van der Waals surface area contributed by atoms with Gasteiger partial charge in [-0.2, -0.15) is 0 Å². The van der Waals surface area contributed by atoms with Crippen LogP contribution in [0.1, 0.15) is 58.3 Å². The highest BCUT2D eigenvalue weighted by atomic mass is 79.9. The maximum absolute atomic E-state index is 3.62. The van der Waals surface area contributed by atoms with E-state index in [0.29, 0.717) is 0 Å². The van der Waals surface area contributed by atoms with Gasteiger partial charge in [0.05, 0.1) is 0 Å². The van der Waals surface area contributed by atoms with Gasteiger partial charge in [-0.25, -0.2) is 0 Å². The molecule has 3 heteroatoms. The zero-order valence-electron chi connectivity index (χ0n) is 13.6. The van der Waals surface area contributed by atoms with Gasteiger partial charge in [0.15, 0.2) is 0 Å². The van der Waals surface area contributed by atoms with Crippen LogP contribution in [0, 0.1) is 5.92 Å². The van der Waals surface area contributed by atoms with Crippen molar-refractivity contribution in [2.45, 2.75) is 94.1 Å². The topological polar surface area (TPSA) is 0 Å². The van der Waals surface area contributed by atoms with Crippen molar-refractivity contribution in [3.05, 3.63) is 0 Å². The highest BCUT2D eigenvalue weighted by molar-refractivity contribution is 9.09. The van der Waals surface area contributed by atoms with Gasteiger partial charge in [0, 0.05) is 22.9 Å². The van der Waals surface area contributed by atoms with Gasteiger partial charge >= 0.3 is 0 Å². The lowest BCUT2D eigenvalue weighted by Crippen LogP contribution is -2.31. The zero-order chi connectivity index (χ0) is 14.2. The quantitative estimate of drug-likeness (QED) is 0.291. The van der Waals surface area contributed by atoms with E-state index < -0.39 is 0 Å². The number of rotatable bonds is 7. The lowest BCUT2D eigenvalue weighted by Gasteiger charge is -2.36. The number of alkyl halides is 1. The molecule has 0 aliphatic carbocycles. The Morgan fingerprint density at radius 1 is 0.950 bits per heavy atom. The molecule has 2 saturated heterocycles. The molecule has 2 heterocycles. The Kier molecular flexibility index (Phi) is 8.49. The molecule has 118 valence electrons. The molecular formula is C17H35BrSi2. The number of unbranched alkanes of at least 4 members (excludes halogenated alkanes) is 2. The lowest BCUT2D eigenvalue weighted by atomic mass is 10.0. The van der Waals surface area contributed by atoms with Gasteiger partial charge in [0.25, 0.3) is 0 Å². The second-order valence-corrected chi connectivity index (χ2v) is 15.4. The highest BCUT2D eigenvalue weighted by Crippen LogP contribution is 2.41. The summed E-state index contributed by atoms with van der Waals surface area (Å²) in [6.45, 7) is 2.34. The molecular weight excluding hydrogens is 340 g/mol.